The van der Waals surface area contributed by atoms with E-state index >= 15 is 0 Å². The first-order valence-electron chi connectivity index (χ1n) is 9.18. The molecule has 9 nitrogen and oxygen atoms in total. The van der Waals surface area contributed by atoms with Gasteiger partial charge in [-0.15, -0.1) is 0 Å². The number of hydrogen-bond acceptors (Lipinski definition) is 8. The van der Waals surface area contributed by atoms with Gasteiger partial charge in [-0.05, 0) is 6.92 Å². The highest BCUT2D eigenvalue weighted by molar-refractivity contribution is 5.51. The first kappa shape index (κ1) is 16.4. The van der Waals surface area contributed by atoms with E-state index in [-0.39, 0.29) is 0 Å². The van der Waals surface area contributed by atoms with Gasteiger partial charge in [0.2, 0.25) is 0 Å². The average molecular weight is 366 g/mol. The Morgan fingerprint density at radius 3 is 2.59 bits per heavy atom. The quantitative estimate of drug-likeness (QED) is 0.675. The predicted octanol–water partition coefficient (Wildman–Crippen LogP) is 0.942. The number of anilines is 2. The lowest BCUT2D eigenvalue weighted by molar-refractivity contribution is 0.181. The molecule has 0 aromatic carbocycles. The largest absolute Gasteiger partial charge is 0.378 e. The molecule has 0 saturated carbocycles. The lowest BCUT2D eigenvalue weighted by Crippen LogP contribution is -2.30. The monoisotopic (exact) mass is 366 g/mol. The number of ether oxygens (including phenoxy) is 1. The lowest BCUT2D eigenvalue weighted by Gasteiger charge is -2.24. The molecule has 2 fully saturated rings. The van der Waals surface area contributed by atoms with Crippen LogP contribution in [0.4, 0.5) is 11.6 Å². The van der Waals surface area contributed by atoms with E-state index in [2.05, 4.69) is 47.8 Å². The van der Waals surface area contributed by atoms with Gasteiger partial charge in [0, 0.05) is 63.0 Å². The van der Waals surface area contributed by atoms with Crippen molar-refractivity contribution in [2.45, 2.75) is 13.5 Å². The van der Waals surface area contributed by atoms with Gasteiger partial charge in [0.05, 0.1) is 12.3 Å². The molecular formula is C18H22N8O. The Morgan fingerprint density at radius 1 is 1.07 bits per heavy atom. The first-order valence-corrected chi connectivity index (χ1v) is 9.18. The summed E-state index contributed by atoms with van der Waals surface area (Å²) in [6.45, 7) is 6.59. The molecule has 2 atom stereocenters. The van der Waals surface area contributed by atoms with Crippen molar-refractivity contribution in [3.63, 3.8) is 0 Å². The molecule has 0 aliphatic carbocycles. The Balaban J connectivity index is 1.38. The molecule has 2 aliphatic rings. The summed E-state index contributed by atoms with van der Waals surface area (Å²) in [5.74, 6) is 3.95. The Hall–Kier alpha value is -2.81. The zero-order valence-corrected chi connectivity index (χ0v) is 15.5. The van der Waals surface area contributed by atoms with E-state index in [9.17, 15) is 0 Å². The standard InChI is InChI=1S/C18H22N8O/c1-12-4-19-10-20-17(12)25-7-13-5-24(6-14(13)8-25)16-3-15(9-27-2)23-18-21-11-22-26(16)18/h3-4,10-11,13-14H,5-9H2,1-2H3. The molecule has 0 bridgehead atoms. The second-order valence-electron chi connectivity index (χ2n) is 7.37. The van der Waals surface area contributed by atoms with Crippen LogP contribution in [0.2, 0.25) is 0 Å². The van der Waals surface area contributed by atoms with Crippen LogP contribution >= 0.6 is 0 Å². The highest BCUT2D eigenvalue weighted by Crippen LogP contribution is 2.36. The van der Waals surface area contributed by atoms with Gasteiger partial charge in [0.15, 0.2) is 0 Å². The van der Waals surface area contributed by atoms with Crippen molar-refractivity contribution in [2.24, 2.45) is 11.8 Å². The number of aromatic nitrogens is 6. The molecule has 5 rings (SSSR count). The third-order valence-corrected chi connectivity index (χ3v) is 5.56. The lowest BCUT2D eigenvalue weighted by atomic mass is 10.0. The number of methoxy groups -OCH3 is 1. The van der Waals surface area contributed by atoms with Crippen molar-refractivity contribution < 1.29 is 4.74 Å². The Bertz CT molecular complexity index is 959. The van der Waals surface area contributed by atoms with Crippen LogP contribution in [0.15, 0.2) is 24.9 Å². The number of hydrogen-bond donors (Lipinski definition) is 0. The normalized spacial score (nSPS) is 22.0. The SMILES string of the molecule is COCc1cc(N2CC3CN(c4ncncc4C)CC3C2)n2ncnc2n1. The van der Waals surface area contributed by atoms with Crippen molar-refractivity contribution in [3.05, 3.63) is 36.2 Å². The van der Waals surface area contributed by atoms with Crippen LogP contribution in [-0.4, -0.2) is 62.8 Å². The highest BCUT2D eigenvalue weighted by Gasteiger charge is 2.41. The Morgan fingerprint density at radius 2 is 1.85 bits per heavy atom. The summed E-state index contributed by atoms with van der Waals surface area (Å²) in [7, 11) is 1.68. The minimum Gasteiger partial charge on any atom is -0.378 e. The van der Waals surface area contributed by atoms with Crippen LogP contribution in [0.25, 0.3) is 5.78 Å². The number of aryl methyl sites for hydroxylation is 1. The summed E-state index contributed by atoms with van der Waals surface area (Å²) in [5.41, 5.74) is 2.01. The smallest absolute Gasteiger partial charge is 0.254 e. The molecule has 9 heteroatoms. The Kier molecular flexibility index (Phi) is 3.89. The second-order valence-corrected chi connectivity index (χ2v) is 7.37. The number of rotatable bonds is 4. The molecule has 0 N–H and O–H groups in total. The zero-order chi connectivity index (χ0) is 18.4. The topological polar surface area (TPSA) is 84.6 Å². The van der Waals surface area contributed by atoms with Crippen molar-refractivity contribution in [2.75, 3.05) is 43.1 Å². The van der Waals surface area contributed by atoms with Gasteiger partial charge < -0.3 is 14.5 Å². The van der Waals surface area contributed by atoms with Gasteiger partial charge in [0.25, 0.3) is 5.78 Å². The van der Waals surface area contributed by atoms with Gasteiger partial charge in [-0.2, -0.15) is 14.6 Å². The minimum atomic E-state index is 0.470. The maximum atomic E-state index is 5.26. The Labute approximate surface area is 157 Å². The van der Waals surface area contributed by atoms with E-state index in [0.29, 0.717) is 24.2 Å². The van der Waals surface area contributed by atoms with Gasteiger partial charge >= 0.3 is 0 Å². The molecule has 0 radical (unpaired) electrons. The fourth-order valence-corrected chi connectivity index (χ4v) is 4.37. The predicted molar refractivity (Wildman–Crippen MR) is 99.7 cm³/mol. The molecule has 2 aliphatic heterocycles. The third kappa shape index (κ3) is 2.78. The summed E-state index contributed by atoms with van der Waals surface area (Å²) >= 11 is 0. The molecule has 2 unspecified atom stereocenters. The highest BCUT2D eigenvalue weighted by atomic mass is 16.5. The molecular weight excluding hydrogens is 344 g/mol. The van der Waals surface area contributed by atoms with Crippen LogP contribution in [0, 0.1) is 18.8 Å². The van der Waals surface area contributed by atoms with Crippen molar-refractivity contribution in [1.82, 2.24) is 29.5 Å². The molecule has 140 valence electrons. The molecule has 0 amide bonds. The summed E-state index contributed by atoms with van der Waals surface area (Å²) in [5, 5.41) is 4.37. The van der Waals surface area contributed by atoms with E-state index in [1.54, 1.807) is 19.8 Å². The summed E-state index contributed by atoms with van der Waals surface area (Å²) in [4.78, 5) is 22.2. The maximum Gasteiger partial charge on any atom is 0.254 e. The van der Waals surface area contributed by atoms with Gasteiger partial charge in [-0.25, -0.2) is 15.0 Å². The van der Waals surface area contributed by atoms with E-state index < -0.39 is 0 Å². The second kappa shape index (κ2) is 6.41. The fourth-order valence-electron chi connectivity index (χ4n) is 4.37. The third-order valence-electron chi connectivity index (χ3n) is 5.56. The summed E-state index contributed by atoms with van der Waals surface area (Å²) in [6, 6.07) is 2.07. The van der Waals surface area contributed by atoms with E-state index in [4.69, 9.17) is 4.74 Å². The number of fused-ring (bicyclic) bond motifs is 2. The van der Waals surface area contributed by atoms with Crippen LogP contribution in [0.3, 0.4) is 0 Å². The van der Waals surface area contributed by atoms with Gasteiger partial charge in [-0.1, -0.05) is 0 Å². The molecule has 2 saturated heterocycles. The fraction of sp³-hybridized carbons (Fsp3) is 0.500. The van der Waals surface area contributed by atoms with Crippen LogP contribution in [0.1, 0.15) is 11.3 Å². The molecule has 0 spiro atoms. The van der Waals surface area contributed by atoms with Crippen LogP contribution in [-0.2, 0) is 11.3 Å². The number of nitrogens with zero attached hydrogens (tertiary/aromatic N) is 8. The summed E-state index contributed by atoms with van der Waals surface area (Å²) in [6.07, 6.45) is 5.08. The molecule has 27 heavy (non-hydrogen) atoms. The maximum absolute atomic E-state index is 5.26. The molecule has 3 aromatic rings. The van der Waals surface area contributed by atoms with Crippen LogP contribution in [0.5, 0.6) is 0 Å². The summed E-state index contributed by atoms with van der Waals surface area (Å²) < 4.78 is 7.09. The van der Waals surface area contributed by atoms with E-state index in [0.717, 1.165) is 49.1 Å². The zero-order valence-electron chi connectivity index (χ0n) is 15.5. The van der Waals surface area contributed by atoms with Crippen molar-refractivity contribution in [1.29, 1.82) is 0 Å². The van der Waals surface area contributed by atoms with Crippen LogP contribution < -0.4 is 9.80 Å². The van der Waals surface area contributed by atoms with Crippen molar-refractivity contribution in [3.8, 4) is 0 Å². The van der Waals surface area contributed by atoms with Gasteiger partial charge in [0.1, 0.15) is 24.3 Å². The molecule has 3 aromatic heterocycles. The average Bonchev–Trinajstić information content (AvgIpc) is 3.36. The van der Waals surface area contributed by atoms with Gasteiger partial charge in [-0.3, -0.25) is 0 Å². The van der Waals surface area contributed by atoms with Crippen molar-refractivity contribution >= 4 is 17.4 Å². The first-order chi connectivity index (χ1) is 13.2. The van der Waals surface area contributed by atoms with E-state index in [1.165, 1.54) is 0 Å². The minimum absolute atomic E-state index is 0.470. The van der Waals surface area contributed by atoms with E-state index in [1.807, 2.05) is 10.7 Å². The molecule has 5 heterocycles.